The maximum Gasteiger partial charge on any atom is 0.356 e. The van der Waals surface area contributed by atoms with Crippen LogP contribution >= 0.6 is 0 Å². The first kappa shape index (κ1) is 15.5. The van der Waals surface area contributed by atoms with Crippen molar-refractivity contribution in [1.29, 1.82) is 0 Å². The summed E-state index contributed by atoms with van der Waals surface area (Å²) in [5.41, 5.74) is -0.565. The molecule has 0 aliphatic heterocycles. The van der Waals surface area contributed by atoms with Gasteiger partial charge in [-0.15, -0.1) is 0 Å². The van der Waals surface area contributed by atoms with Gasteiger partial charge in [-0.25, -0.2) is 19.6 Å². The lowest BCUT2D eigenvalue weighted by atomic mass is 9.90. The van der Waals surface area contributed by atoms with E-state index >= 15 is 0 Å². The van der Waals surface area contributed by atoms with Crippen LogP contribution in [0.4, 0.5) is 0 Å². The number of H-pyrrole nitrogens is 1. The number of ketones is 2. The Labute approximate surface area is 135 Å². The predicted molar refractivity (Wildman–Crippen MR) is 77.9 cm³/mol. The van der Waals surface area contributed by atoms with Crippen LogP contribution in [0.1, 0.15) is 47.6 Å². The van der Waals surface area contributed by atoms with Gasteiger partial charge in [0.15, 0.2) is 0 Å². The molecule has 0 aromatic carbocycles. The van der Waals surface area contributed by atoms with Crippen LogP contribution in [0.25, 0.3) is 11.3 Å². The summed E-state index contributed by atoms with van der Waals surface area (Å²) in [6.45, 7) is 1.60. The van der Waals surface area contributed by atoms with Crippen LogP contribution in [0.3, 0.4) is 0 Å². The van der Waals surface area contributed by atoms with Crippen molar-refractivity contribution in [3.63, 3.8) is 0 Å². The van der Waals surface area contributed by atoms with Crippen molar-refractivity contribution in [2.45, 2.75) is 6.92 Å². The highest BCUT2D eigenvalue weighted by Crippen LogP contribution is 2.34. The van der Waals surface area contributed by atoms with E-state index in [1.807, 2.05) is 0 Å². The molecule has 0 unspecified atom stereocenters. The van der Waals surface area contributed by atoms with Gasteiger partial charge in [0.25, 0.3) is 11.6 Å². The lowest BCUT2D eigenvalue weighted by Gasteiger charge is -2.16. The molecule has 0 spiro atoms. The summed E-state index contributed by atoms with van der Waals surface area (Å²) in [6, 6.07) is 1.15. The number of fused-ring (bicyclic) bond motifs is 3. The van der Waals surface area contributed by atoms with Gasteiger partial charge in [-0.3, -0.25) is 9.59 Å². The van der Waals surface area contributed by atoms with Crippen molar-refractivity contribution in [1.82, 2.24) is 15.0 Å². The predicted octanol–water partition coefficient (Wildman–Crippen LogP) is 0.732. The fourth-order valence-electron chi connectivity index (χ4n) is 2.49. The highest BCUT2D eigenvalue weighted by Gasteiger charge is 2.38. The van der Waals surface area contributed by atoms with E-state index in [1.54, 1.807) is 6.92 Å². The lowest BCUT2D eigenvalue weighted by Crippen LogP contribution is -2.26. The Bertz CT molecular complexity index is 928. The van der Waals surface area contributed by atoms with Crippen LogP contribution in [0.15, 0.2) is 6.07 Å². The Morgan fingerprint density at radius 3 is 2.29 bits per heavy atom. The number of carbonyl (C=O) groups excluding carboxylic acids is 4. The number of nitrogens with zero attached hydrogens (tertiary/aromatic N) is 2. The van der Waals surface area contributed by atoms with Crippen LogP contribution in [0.5, 0.6) is 0 Å². The molecule has 9 nitrogen and oxygen atoms in total. The highest BCUT2D eigenvalue weighted by atomic mass is 16.5. The SMILES string of the molecule is COC(=O)c1cc(C(=O)OC)c2c(n1)C(=O)C(=O)c1[nH]c(C)nc1-2. The summed E-state index contributed by atoms with van der Waals surface area (Å²) in [5, 5.41) is 0. The number of aryl methyl sites for hydroxylation is 1. The number of hydrogen-bond donors (Lipinski definition) is 1. The van der Waals surface area contributed by atoms with E-state index in [0.717, 1.165) is 20.3 Å². The average Bonchev–Trinajstić information content (AvgIpc) is 2.98. The first-order chi connectivity index (χ1) is 11.4. The number of Topliss-reactive ketones (excluding diaryl/α,β-unsaturated/α-hetero) is 2. The molecular weight excluding hydrogens is 318 g/mol. The summed E-state index contributed by atoms with van der Waals surface area (Å²) < 4.78 is 9.26. The molecule has 0 atom stereocenters. The standard InChI is InChI=1S/C15H11N3O6/c1-5-16-9-8-6(14(21)23-2)4-7(15(22)24-3)18-10(8)12(19)13(20)11(9)17-5/h4H,1-3H3,(H,16,17). The molecule has 2 aromatic heterocycles. The largest absolute Gasteiger partial charge is 0.465 e. The van der Waals surface area contributed by atoms with E-state index < -0.39 is 23.5 Å². The zero-order chi connectivity index (χ0) is 17.6. The number of pyridine rings is 1. The summed E-state index contributed by atoms with van der Waals surface area (Å²) in [5.74, 6) is -3.05. The molecule has 0 amide bonds. The molecular formula is C15H11N3O6. The van der Waals surface area contributed by atoms with Gasteiger partial charge in [-0.05, 0) is 13.0 Å². The lowest BCUT2D eigenvalue weighted by molar-refractivity contribution is 0.0592. The summed E-state index contributed by atoms with van der Waals surface area (Å²) in [4.78, 5) is 59.2. The topological polar surface area (TPSA) is 128 Å². The van der Waals surface area contributed by atoms with Gasteiger partial charge >= 0.3 is 11.9 Å². The minimum Gasteiger partial charge on any atom is -0.465 e. The highest BCUT2D eigenvalue weighted by molar-refractivity contribution is 6.52. The molecule has 1 aliphatic rings. The second kappa shape index (κ2) is 5.37. The third-order valence-corrected chi connectivity index (χ3v) is 3.53. The number of nitrogens with one attached hydrogen (secondary N) is 1. The minimum absolute atomic E-state index is 0.0252. The van der Waals surface area contributed by atoms with Gasteiger partial charge in [0.05, 0.1) is 19.8 Å². The number of esters is 2. The van der Waals surface area contributed by atoms with Gasteiger partial charge in [-0.2, -0.15) is 0 Å². The fourth-order valence-corrected chi connectivity index (χ4v) is 2.49. The van der Waals surface area contributed by atoms with E-state index in [4.69, 9.17) is 4.74 Å². The molecule has 3 rings (SSSR count). The maximum absolute atomic E-state index is 12.4. The zero-order valence-electron chi connectivity index (χ0n) is 12.9. The van der Waals surface area contributed by atoms with Crippen molar-refractivity contribution in [2.24, 2.45) is 0 Å². The number of ether oxygens (including phenoxy) is 2. The monoisotopic (exact) mass is 329 g/mol. The van der Waals surface area contributed by atoms with Crippen molar-refractivity contribution >= 4 is 23.5 Å². The second-order valence-corrected chi connectivity index (χ2v) is 4.97. The Hall–Kier alpha value is -3.36. The van der Waals surface area contributed by atoms with E-state index in [-0.39, 0.29) is 33.9 Å². The summed E-state index contributed by atoms with van der Waals surface area (Å²) in [7, 11) is 2.28. The molecule has 2 heterocycles. The first-order valence-corrected chi connectivity index (χ1v) is 6.76. The van der Waals surface area contributed by atoms with E-state index in [2.05, 4.69) is 19.7 Å². The normalized spacial score (nSPS) is 12.5. The Kier molecular flexibility index (Phi) is 3.48. The minimum atomic E-state index is -0.947. The Balaban J connectivity index is 2.40. The summed E-state index contributed by atoms with van der Waals surface area (Å²) >= 11 is 0. The molecule has 0 fully saturated rings. The molecule has 24 heavy (non-hydrogen) atoms. The zero-order valence-corrected chi connectivity index (χ0v) is 12.9. The van der Waals surface area contributed by atoms with E-state index in [0.29, 0.717) is 5.82 Å². The molecule has 0 bridgehead atoms. The number of imidazole rings is 1. The number of aromatic nitrogens is 3. The number of aromatic amines is 1. The molecule has 0 saturated carbocycles. The molecule has 1 N–H and O–H groups in total. The van der Waals surface area contributed by atoms with Gasteiger partial charge < -0.3 is 14.5 Å². The van der Waals surface area contributed by atoms with E-state index in [9.17, 15) is 19.2 Å². The number of methoxy groups -OCH3 is 2. The molecule has 0 radical (unpaired) electrons. The molecule has 0 saturated heterocycles. The Morgan fingerprint density at radius 1 is 1.00 bits per heavy atom. The van der Waals surface area contributed by atoms with Crippen LogP contribution in [-0.2, 0) is 9.47 Å². The molecule has 1 aliphatic carbocycles. The first-order valence-electron chi connectivity index (χ1n) is 6.76. The van der Waals surface area contributed by atoms with Crippen molar-refractivity contribution < 1.29 is 28.7 Å². The maximum atomic E-state index is 12.4. The molecule has 2 aromatic rings. The van der Waals surface area contributed by atoms with Crippen LogP contribution in [0, 0.1) is 6.92 Å². The smallest absolute Gasteiger partial charge is 0.356 e. The van der Waals surface area contributed by atoms with E-state index in [1.165, 1.54) is 0 Å². The number of carbonyl (C=O) groups is 4. The number of rotatable bonds is 2. The van der Waals surface area contributed by atoms with Gasteiger partial charge in [0, 0.05) is 5.56 Å². The molecule has 122 valence electrons. The van der Waals surface area contributed by atoms with Crippen LogP contribution in [-0.4, -0.2) is 52.7 Å². The van der Waals surface area contributed by atoms with Crippen LogP contribution < -0.4 is 0 Å². The fraction of sp³-hybridized carbons (Fsp3) is 0.200. The molecule has 9 heteroatoms. The Morgan fingerprint density at radius 2 is 1.67 bits per heavy atom. The van der Waals surface area contributed by atoms with Crippen LogP contribution in [0.2, 0.25) is 0 Å². The third kappa shape index (κ3) is 2.09. The van der Waals surface area contributed by atoms with Gasteiger partial charge in [0.1, 0.15) is 28.6 Å². The second-order valence-electron chi connectivity index (χ2n) is 4.97. The quantitative estimate of drug-likeness (QED) is 0.631. The third-order valence-electron chi connectivity index (χ3n) is 3.53. The number of hydrogen-bond acceptors (Lipinski definition) is 8. The van der Waals surface area contributed by atoms with Gasteiger partial charge in [-0.1, -0.05) is 0 Å². The van der Waals surface area contributed by atoms with Crippen molar-refractivity contribution in [3.8, 4) is 11.3 Å². The van der Waals surface area contributed by atoms with Gasteiger partial charge in [0.2, 0.25) is 0 Å². The van der Waals surface area contributed by atoms with Crippen molar-refractivity contribution in [2.75, 3.05) is 14.2 Å². The average molecular weight is 329 g/mol. The summed E-state index contributed by atoms with van der Waals surface area (Å²) in [6.07, 6.45) is 0. The van der Waals surface area contributed by atoms with Crippen molar-refractivity contribution in [3.05, 3.63) is 34.5 Å².